The first-order valence-corrected chi connectivity index (χ1v) is 7.45. The van der Waals surface area contributed by atoms with Crippen LogP contribution in [0.25, 0.3) is 0 Å². The number of rotatable bonds is 5. The van der Waals surface area contributed by atoms with E-state index in [0.29, 0.717) is 29.8 Å². The van der Waals surface area contributed by atoms with E-state index in [9.17, 15) is 9.00 Å². The van der Waals surface area contributed by atoms with Crippen LogP contribution >= 0.6 is 0 Å². The lowest BCUT2D eigenvalue weighted by Gasteiger charge is -2.25. The van der Waals surface area contributed by atoms with Crippen molar-refractivity contribution < 1.29 is 13.7 Å². The van der Waals surface area contributed by atoms with Crippen molar-refractivity contribution in [3.8, 4) is 0 Å². The van der Waals surface area contributed by atoms with Gasteiger partial charge in [0.15, 0.2) is 0 Å². The molecular weight excluding hydrogens is 224 g/mol. The molecule has 4 heteroatoms. The van der Waals surface area contributed by atoms with E-state index in [1.54, 1.807) is 0 Å². The SMILES string of the molecule is COC(=O)CCCS(=O)C1CCCC(C)C1. The molecule has 0 amide bonds. The van der Waals surface area contributed by atoms with Gasteiger partial charge in [0.2, 0.25) is 0 Å². The molecule has 3 atom stereocenters. The van der Waals surface area contributed by atoms with Crippen LogP contribution < -0.4 is 0 Å². The Morgan fingerprint density at radius 2 is 2.19 bits per heavy atom. The number of carbonyl (C=O) groups is 1. The maximum absolute atomic E-state index is 12.0. The summed E-state index contributed by atoms with van der Waals surface area (Å²) in [5, 5.41) is 0.362. The lowest BCUT2D eigenvalue weighted by molar-refractivity contribution is -0.140. The number of methoxy groups -OCH3 is 1. The molecule has 1 saturated carbocycles. The molecule has 0 aromatic carbocycles. The summed E-state index contributed by atoms with van der Waals surface area (Å²) in [5.41, 5.74) is 0. The smallest absolute Gasteiger partial charge is 0.305 e. The highest BCUT2D eigenvalue weighted by Crippen LogP contribution is 2.27. The van der Waals surface area contributed by atoms with Gasteiger partial charge >= 0.3 is 5.97 Å². The van der Waals surface area contributed by atoms with E-state index >= 15 is 0 Å². The zero-order valence-corrected chi connectivity index (χ0v) is 11.1. The first-order valence-electron chi connectivity index (χ1n) is 6.07. The Labute approximate surface area is 100 Å². The molecule has 0 aromatic heterocycles. The summed E-state index contributed by atoms with van der Waals surface area (Å²) in [7, 11) is 0.638. The fourth-order valence-electron chi connectivity index (χ4n) is 2.24. The van der Waals surface area contributed by atoms with Gasteiger partial charge in [0.05, 0.1) is 7.11 Å². The number of hydrogen-bond donors (Lipinski definition) is 0. The van der Waals surface area contributed by atoms with Crippen LogP contribution in [0.2, 0.25) is 0 Å². The van der Waals surface area contributed by atoms with Gasteiger partial charge in [0, 0.05) is 28.2 Å². The van der Waals surface area contributed by atoms with Crippen molar-refractivity contribution in [3.63, 3.8) is 0 Å². The van der Waals surface area contributed by atoms with Gasteiger partial charge in [-0.05, 0) is 25.2 Å². The van der Waals surface area contributed by atoms with E-state index in [2.05, 4.69) is 11.7 Å². The Morgan fingerprint density at radius 1 is 1.44 bits per heavy atom. The van der Waals surface area contributed by atoms with Crippen molar-refractivity contribution in [2.75, 3.05) is 12.9 Å². The Morgan fingerprint density at radius 3 is 2.81 bits per heavy atom. The van der Waals surface area contributed by atoms with E-state index in [0.717, 1.165) is 12.8 Å². The standard InChI is InChI=1S/C12H22O3S/c1-10-5-3-6-11(9-10)16(14)8-4-7-12(13)15-2/h10-11H,3-9H2,1-2H3. The van der Waals surface area contributed by atoms with Gasteiger partial charge < -0.3 is 4.74 Å². The normalized spacial score (nSPS) is 27.4. The molecule has 0 bridgehead atoms. The third-order valence-electron chi connectivity index (χ3n) is 3.21. The molecule has 0 heterocycles. The molecule has 0 aliphatic heterocycles. The fourth-order valence-corrected chi connectivity index (χ4v) is 3.98. The van der Waals surface area contributed by atoms with Crippen LogP contribution in [-0.2, 0) is 20.3 Å². The van der Waals surface area contributed by atoms with Crippen molar-refractivity contribution in [2.24, 2.45) is 5.92 Å². The monoisotopic (exact) mass is 246 g/mol. The molecule has 3 unspecified atom stereocenters. The first-order chi connectivity index (χ1) is 7.63. The van der Waals surface area contributed by atoms with Crippen molar-refractivity contribution in [1.29, 1.82) is 0 Å². The Hall–Kier alpha value is -0.380. The van der Waals surface area contributed by atoms with E-state index in [1.807, 2.05) is 0 Å². The summed E-state index contributed by atoms with van der Waals surface area (Å²) < 4.78 is 16.5. The average Bonchev–Trinajstić information content (AvgIpc) is 2.28. The van der Waals surface area contributed by atoms with Gasteiger partial charge in [-0.2, -0.15) is 0 Å². The van der Waals surface area contributed by atoms with Crippen LogP contribution in [0.1, 0.15) is 45.4 Å². The second-order valence-electron chi connectivity index (χ2n) is 4.66. The predicted molar refractivity (Wildman–Crippen MR) is 65.7 cm³/mol. The predicted octanol–water partition coefficient (Wildman–Crippen LogP) is 2.27. The summed E-state index contributed by atoms with van der Waals surface area (Å²) in [6, 6.07) is 0. The Bertz CT molecular complexity index is 253. The van der Waals surface area contributed by atoms with Crippen LogP contribution in [0.15, 0.2) is 0 Å². The molecule has 0 N–H and O–H groups in total. The fraction of sp³-hybridized carbons (Fsp3) is 0.917. The van der Waals surface area contributed by atoms with E-state index < -0.39 is 10.8 Å². The van der Waals surface area contributed by atoms with Crippen molar-refractivity contribution in [3.05, 3.63) is 0 Å². The minimum atomic E-state index is -0.753. The van der Waals surface area contributed by atoms with Gasteiger partial charge in [-0.25, -0.2) is 0 Å². The quantitative estimate of drug-likeness (QED) is 0.699. The summed E-state index contributed by atoms with van der Waals surface area (Å²) in [5.74, 6) is 1.16. The zero-order chi connectivity index (χ0) is 12.0. The molecule has 1 rings (SSSR count). The summed E-state index contributed by atoms with van der Waals surface area (Å²) in [4.78, 5) is 10.9. The molecule has 94 valence electrons. The van der Waals surface area contributed by atoms with Crippen LogP contribution in [0, 0.1) is 5.92 Å². The highest BCUT2D eigenvalue weighted by atomic mass is 32.2. The lowest BCUT2D eigenvalue weighted by Crippen LogP contribution is -2.24. The van der Waals surface area contributed by atoms with Crippen molar-refractivity contribution in [2.45, 2.75) is 50.7 Å². The summed E-state index contributed by atoms with van der Waals surface area (Å²) in [6.07, 6.45) is 5.74. The molecule has 16 heavy (non-hydrogen) atoms. The van der Waals surface area contributed by atoms with Crippen LogP contribution in [0.5, 0.6) is 0 Å². The van der Waals surface area contributed by atoms with Gasteiger partial charge in [0.25, 0.3) is 0 Å². The van der Waals surface area contributed by atoms with Gasteiger partial charge in [-0.1, -0.05) is 19.8 Å². The molecule has 1 aliphatic rings. The first kappa shape index (κ1) is 13.7. The number of carbonyl (C=O) groups excluding carboxylic acids is 1. The van der Waals surface area contributed by atoms with E-state index in [4.69, 9.17) is 0 Å². The van der Waals surface area contributed by atoms with E-state index in [1.165, 1.54) is 20.0 Å². The molecule has 0 saturated heterocycles. The highest BCUT2D eigenvalue weighted by molar-refractivity contribution is 7.85. The number of ether oxygens (including phenoxy) is 1. The zero-order valence-electron chi connectivity index (χ0n) is 10.2. The molecule has 3 nitrogen and oxygen atoms in total. The topological polar surface area (TPSA) is 43.4 Å². The van der Waals surface area contributed by atoms with Gasteiger partial charge in [-0.3, -0.25) is 9.00 Å². The second-order valence-corrected chi connectivity index (χ2v) is 6.49. The van der Waals surface area contributed by atoms with Crippen molar-refractivity contribution in [1.82, 2.24) is 0 Å². The Kier molecular flexibility index (Phi) is 6.03. The van der Waals surface area contributed by atoms with Crippen LogP contribution in [0.4, 0.5) is 0 Å². The molecule has 1 fully saturated rings. The average molecular weight is 246 g/mol. The maximum atomic E-state index is 12.0. The highest BCUT2D eigenvalue weighted by Gasteiger charge is 2.23. The Balaban J connectivity index is 2.21. The molecular formula is C12H22O3S. The molecule has 0 aromatic rings. The summed E-state index contributed by atoms with van der Waals surface area (Å²) in [6.45, 7) is 2.23. The maximum Gasteiger partial charge on any atom is 0.305 e. The third-order valence-corrected chi connectivity index (χ3v) is 5.08. The summed E-state index contributed by atoms with van der Waals surface area (Å²) >= 11 is 0. The second kappa shape index (κ2) is 7.05. The van der Waals surface area contributed by atoms with Crippen LogP contribution in [0.3, 0.4) is 0 Å². The minimum absolute atomic E-state index is 0.200. The van der Waals surface area contributed by atoms with Gasteiger partial charge in [-0.15, -0.1) is 0 Å². The van der Waals surface area contributed by atoms with Crippen LogP contribution in [-0.4, -0.2) is 28.3 Å². The minimum Gasteiger partial charge on any atom is -0.469 e. The van der Waals surface area contributed by atoms with Gasteiger partial charge in [0.1, 0.15) is 0 Å². The molecule has 0 spiro atoms. The van der Waals surface area contributed by atoms with E-state index in [-0.39, 0.29) is 5.97 Å². The molecule has 1 aliphatic carbocycles. The third kappa shape index (κ3) is 4.64. The number of esters is 1. The molecule has 0 radical (unpaired) electrons. The number of hydrogen-bond acceptors (Lipinski definition) is 3. The van der Waals surface area contributed by atoms with Crippen molar-refractivity contribution >= 4 is 16.8 Å². The largest absolute Gasteiger partial charge is 0.469 e. The lowest BCUT2D eigenvalue weighted by atomic mass is 9.91.